The quantitative estimate of drug-likeness (QED) is 0.747. The normalized spacial score (nSPS) is 10.8. The summed E-state index contributed by atoms with van der Waals surface area (Å²) in [6.45, 7) is -0.0532. The van der Waals surface area contributed by atoms with Crippen LogP contribution in [-0.4, -0.2) is 21.7 Å². The molecule has 0 atom stereocenters. The second-order valence-electron chi connectivity index (χ2n) is 4.56. The van der Waals surface area contributed by atoms with Crippen molar-refractivity contribution in [2.45, 2.75) is 11.4 Å². The lowest BCUT2D eigenvalue weighted by Gasteiger charge is -2.10. The highest BCUT2D eigenvalue weighted by Gasteiger charge is 2.10. The minimum atomic E-state index is -0.249. The fraction of sp³-hybridized carbons (Fsp3) is 0.133. The van der Waals surface area contributed by atoms with Crippen molar-refractivity contribution in [3.63, 3.8) is 0 Å². The second kappa shape index (κ2) is 6.33. The highest BCUT2D eigenvalue weighted by molar-refractivity contribution is 7.98. The Morgan fingerprint density at radius 2 is 2.18 bits per heavy atom. The number of nitrogens with zero attached hydrogens (tertiary/aromatic N) is 2. The molecule has 1 aromatic carbocycles. The third-order valence-corrected chi connectivity index (χ3v) is 4.82. The molecule has 5 nitrogen and oxygen atoms in total. The Morgan fingerprint density at radius 1 is 1.36 bits per heavy atom. The van der Waals surface area contributed by atoms with Crippen LogP contribution in [0.25, 0.3) is 10.2 Å². The van der Waals surface area contributed by atoms with E-state index >= 15 is 0 Å². The van der Waals surface area contributed by atoms with E-state index in [9.17, 15) is 9.59 Å². The van der Waals surface area contributed by atoms with Crippen LogP contribution in [0.2, 0.25) is 0 Å². The smallest absolute Gasteiger partial charge is 0.271 e. The lowest BCUT2D eigenvalue weighted by atomic mass is 10.3. The number of thiophene rings is 1. The summed E-state index contributed by atoms with van der Waals surface area (Å²) >= 11 is 2.89. The first-order valence-corrected chi connectivity index (χ1v) is 8.65. The summed E-state index contributed by atoms with van der Waals surface area (Å²) in [5.74, 6) is -0.249. The third-order valence-electron chi connectivity index (χ3n) is 3.13. The van der Waals surface area contributed by atoms with Crippen molar-refractivity contribution in [3.8, 4) is 0 Å². The van der Waals surface area contributed by atoms with Crippen molar-refractivity contribution in [2.24, 2.45) is 0 Å². The monoisotopic (exact) mass is 331 g/mol. The number of benzene rings is 1. The maximum atomic E-state index is 12.2. The van der Waals surface area contributed by atoms with E-state index in [1.165, 1.54) is 22.2 Å². The van der Waals surface area contributed by atoms with Crippen molar-refractivity contribution in [2.75, 3.05) is 11.6 Å². The molecule has 112 valence electrons. The molecule has 2 heterocycles. The summed E-state index contributed by atoms with van der Waals surface area (Å²) in [6.07, 6.45) is 3.36. The van der Waals surface area contributed by atoms with Gasteiger partial charge < -0.3 is 5.32 Å². The summed E-state index contributed by atoms with van der Waals surface area (Å²) in [4.78, 5) is 29.6. The molecule has 0 aliphatic rings. The first kappa shape index (κ1) is 14.8. The zero-order valence-electron chi connectivity index (χ0n) is 11.8. The number of amides is 1. The standard InChI is InChI=1S/C15H13N3O2S2/c1-21-12-5-3-2-4-10(12)17-13(19)8-18-9-16-11-6-7-22-14(11)15(18)20/h2-7,9H,8H2,1H3,(H,17,19). The zero-order chi connectivity index (χ0) is 15.5. The molecule has 3 rings (SSSR count). The van der Waals surface area contributed by atoms with Gasteiger partial charge in [0.05, 0.1) is 17.5 Å². The van der Waals surface area contributed by atoms with Crippen molar-refractivity contribution in [1.29, 1.82) is 0 Å². The molecule has 0 saturated heterocycles. The lowest BCUT2D eigenvalue weighted by molar-refractivity contribution is -0.116. The number of carbonyl (C=O) groups is 1. The summed E-state index contributed by atoms with van der Waals surface area (Å²) in [7, 11) is 0. The van der Waals surface area contributed by atoms with E-state index in [2.05, 4.69) is 10.3 Å². The molecule has 0 bridgehead atoms. The maximum Gasteiger partial charge on any atom is 0.271 e. The summed E-state index contributed by atoms with van der Waals surface area (Å²) in [5, 5.41) is 4.65. The van der Waals surface area contributed by atoms with Gasteiger partial charge in [0.15, 0.2) is 0 Å². The largest absolute Gasteiger partial charge is 0.324 e. The van der Waals surface area contributed by atoms with Crippen LogP contribution in [0.3, 0.4) is 0 Å². The Morgan fingerprint density at radius 3 is 3.00 bits per heavy atom. The maximum absolute atomic E-state index is 12.2. The Labute approximate surface area is 135 Å². The average Bonchev–Trinajstić information content (AvgIpc) is 3.00. The van der Waals surface area contributed by atoms with Gasteiger partial charge in [0, 0.05) is 4.90 Å². The van der Waals surface area contributed by atoms with Crippen LogP contribution in [0.1, 0.15) is 0 Å². The molecule has 0 fully saturated rings. The lowest BCUT2D eigenvalue weighted by Crippen LogP contribution is -2.27. The molecular weight excluding hydrogens is 318 g/mol. The molecular formula is C15H13N3O2S2. The number of anilines is 1. The minimum Gasteiger partial charge on any atom is -0.324 e. The van der Waals surface area contributed by atoms with Crippen molar-refractivity contribution in [1.82, 2.24) is 9.55 Å². The summed E-state index contributed by atoms with van der Waals surface area (Å²) in [6, 6.07) is 9.35. The molecule has 0 unspecified atom stereocenters. The fourth-order valence-corrected chi connectivity index (χ4v) is 3.43. The Hall–Kier alpha value is -2.12. The van der Waals surface area contributed by atoms with Gasteiger partial charge in [-0.15, -0.1) is 23.1 Å². The predicted octanol–water partition coefficient (Wildman–Crippen LogP) is 2.82. The highest BCUT2D eigenvalue weighted by Crippen LogP contribution is 2.24. The number of para-hydroxylation sites is 1. The summed E-state index contributed by atoms with van der Waals surface area (Å²) < 4.78 is 1.90. The Kier molecular flexibility index (Phi) is 4.26. The van der Waals surface area contributed by atoms with Crippen LogP contribution in [0.5, 0.6) is 0 Å². The van der Waals surface area contributed by atoms with Gasteiger partial charge in [-0.05, 0) is 29.8 Å². The molecule has 7 heteroatoms. The van der Waals surface area contributed by atoms with Gasteiger partial charge in [0.2, 0.25) is 5.91 Å². The zero-order valence-corrected chi connectivity index (χ0v) is 13.4. The topological polar surface area (TPSA) is 64.0 Å². The number of hydrogen-bond acceptors (Lipinski definition) is 5. The van der Waals surface area contributed by atoms with Crippen LogP contribution in [0.15, 0.2) is 51.7 Å². The Balaban J connectivity index is 1.81. The predicted molar refractivity (Wildman–Crippen MR) is 90.7 cm³/mol. The number of nitrogens with one attached hydrogen (secondary N) is 1. The molecule has 0 spiro atoms. The third kappa shape index (κ3) is 2.90. The number of hydrogen-bond donors (Lipinski definition) is 1. The van der Waals surface area contributed by atoms with Gasteiger partial charge in [0.25, 0.3) is 5.56 Å². The highest BCUT2D eigenvalue weighted by atomic mass is 32.2. The molecule has 0 radical (unpaired) electrons. The van der Waals surface area contributed by atoms with E-state index in [4.69, 9.17) is 0 Å². The van der Waals surface area contributed by atoms with E-state index in [0.717, 1.165) is 10.6 Å². The molecule has 0 aliphatic heterocycles. The molecule has 22 heavy (non-hydrogen) atoms. The van der Waals surface area contributed by atoms with Crippen LogP contribution in [0.4, 0.5) is 5.69 Å². The van der Waals surface area contributed by atoms with Crippen LogP contribution in [0, 0.1) is 0 Å². The van der Waals surface area contributed by atoms with E-state index in [1.54, 1.807) is 17.8 Å². The number of rotatable bonds is 4. The molecule has 1 N–H and O–H groups in total. The van der Waals surface area contributed by atoms with Gasteiger partial charge in [-0.2, -0.15) is 0 Å². The Bertz CT molecular complexity index is 886. The molecule has 0 aliphatic carbocycles. The van der Waals surface area contributed by atoms with Crippen LogP contribution >= 0.6 is 23.1 Å². The van der Waals surface area contributed by atoms with E-state index < -0.39 is 0 Å². The van der Waals surface area contributed by atoms with Crippen molar-refractivity contribution in [3.05, 3.63) is 52.4 Å². The van der Waals surface area contributed by atoms with E-state index in [1.807, 2.05) is 35.9 Å². The van der Waals surface area contributed by atoms with Gasteiger partial charge in [0.1, 0.15) is 11.2 Å². The van der Waals surface area contributed by atoms with E-state index in [0.29, 0.717) is 10.2 Å². The van der Waals surface area contributed by atoms with Gasteiger partial charge in [-0.25, -0.2) is 4.98 Å². The summed E-state index contributed by atoms with van der Waals surface area (Å²) in [5.41, 5.74) is 1.23. The van der Waals surface area contributed by atoms with Crippen LogP contribution in [-0.2, 0) is 11.3 Å². The van der Waals surface area contributed by atoms with E-state index in [-0.39, 0.29) is 18.0 Å². The first-order valence-electron chi connectivity index (χ1n) is 6.54. The fourth-order valence-electron chi connectivity index (χ4n) is 2.08. The molecule has 0 saturated carbocycles. The van der Waals surface area contributed by atoms with Crippen molar-refractivity contribution >= 4 is 44.9 Å². The van der Waals surface area contributed by atoms with Gasteiger partial charge in [-0.1, -0.05) is 12.1 Å². The molecule has 2 aromatic heterocycles. The average molecular weight is 331 g/mol. The SMILES string of the molecule is CSc1ccccc1NC(=O)Cn1cnc2ccsc2c1=O. The number of carbonyl (C=O) groups excluding carboxylic acids is 1. The number of aromatic nitrogens is 2. The minimum absolute atomic E-state index is 0.0532. The first-order chi connectivity index (χ1) is 10.7. The molecule has 3 aromatic rings. The number of fused-ring (bicyclic) bond motifs is 1. The second-order valence-corrected chi connectivity index (χ2v) is 6.33. The van der Waals surface area contributed by atoms with Crippen molar-refractivity contribution < 1.29 is 4.79 Å². The molecule has 1 amide bonds. The van der Waals surface area contributed by atoms with Crippen LogP contribution < -0.4 is 10.9 Å². The van der Waals surface area contributed by atoms with Gasteiger partial charge >= 0.3 is 0 Å². The number of thioether (sulfide) groups is 1. The van der Waals surface area contributed by atoms with Gasteiger partial charge in [-0.3, -0.25) is 14.2 Å².